The lowest BCUT2D eigenvalue weighted by molar-refractivity contribution is 0.0472. The van der Waals surface area contributed by atoms with Crippen molar-refractivity contribution in [2.24, 2.45) is 0 Å². The maximum absolute atomic E-state index is 12.5. The van der Waals surface area contributed by atoms with Gasteiger partial charge in [-0.15, -0.1) is 0 Å². The molecule has 0 saturated carbocycles. The van der Waals surface area contributed by atoms with E-state index in [2.05, 4.69) is 0 Å². The monoisotopic (exact) mass is 438 g/mol. The van der Waals surface area contributed by atoms with Crippen LogP contribution < -0.4 is 9.47 Å². The van der Waals surface area contributed by atoms with Gasteiger partial charge in [-0.25, -0.2) is 9.59 Å². The van der Waals surface area contributed by atoms with E-state index < -0.39 is 11.9 Å². The summed E-state index contributed by atoms with van der Waals surface area (Å²) in [6.45, 7) is -0.127. The van der Waals surface area contributed by atoms with E-state index >= 15 is 0 Å². The molecule has 3 aromatic carbocycles. The van der Waals surface area contributed by atoms with Crippen LogP contribution in [-0.4, -0.2) is 43.5 Å². The number of ether oxygens (including phenoxy) is 4. The maximum atomic E-state index is 12.5. The van der Waals surface area contributed by atoms with Gasteiger partial charge in [0.25, 0.3) is 0 Å². The lowest BCUT2D eigenvalue weighted by Gasteiger charge is -2.17. The third-order valence-electron chi connectivity index (χ3n) is 4.81. The van der Waals surface area contributed by atoms with E-state index in [1.807, 2.05) is 0 Å². The van der Waals surface area contributed by atoms with Crippen LogP contribution in [0.2, 0.25) is 0 Å². The number of rotatable bonds is 7. The second-order valence-corrected chi connectivity index (χ2v) is 6.65. The van der Waals surface area contributed by atoms with Crippen LogP contribution in [-0.2, 0) is 16.1 Å². The number of phenolic OH excluding ortho intramolecular Hbond substituents is 2. The van der Waals surface area contributed by atoms with Crippen molar-refractivity contribution in [3.8, 4) is 34.1 Å². The predicted octanol–water partition coefficient (Wildman–Crippen LogP) is 3.93. The fourth-order valence-electron chi connectivity index (χ4n) is 3.25. The molecule has 0 aromatic heterocycles. The molecule has 0 fully saturated rings. The number of hydrogen-bond donors (Lipinski definition) is 2. The first-order valence-electron chi connectivity index (χ1n) is 9.51. The van der Waals surface area contributed by atoms with Gasteiger partial charge in [-0.3, -0.25) is 0 Å². The van der Waals surface area contributed by atoms with E-state index in [-0.39, 0.29) is 40.7 Å². The second-order valence-electron chi connectivity index (χ2n) is 6.65. The first kappa shape index (κ1) is 22.5. The summed E-state index contributed by atoms with van der Waals surface area (Å²) >= 11 is 0. The summed E-state index contributed by atoms with van der Waals surface area (Å²) in [4.78, 5) is 24.9. The van der Waals surface area contributed by atoms with Gasteiger partial charge >= 0.3 is 11.9 Å². The predicted molar refractivity (Wildman–Crippen MR) is 115 cm³/mol. The maximum Gasteiger partial charge on any atom is 0.338 e. The van der Waals surface area contributed by atoms with Crippen LogP contribution in [0.5, 0.6) is 23.0 Å². The minimum absolute atomic E-state index is 0.0925. The summed E-state index contributed by atoms with van der Waals surface area (Å²) in [5.41, 5.74) is 1.79. The number of hydrogen-bond acceptors (Lipinski definition) is 8. The molecule has 0 radical (unpaired) electrons. The largest absolute Gasteiger partial charge is 0.504 e. The Labute approximate surface area is 184 Å². The normalized spacial score (nSPS) is 10.3. The van der Waals surface area contributed by atoms with Gasteiger partial charge in [-0.05, 0) is 41.5 Å². The molecule has 0 saturated heterocycles. The Hall–Kier alpha value is -4.20. The highest BCUT2D eigenvalue weighted by atomic mass is 16.5. The summed E-state index contributed by atoms with van der Waals surface area (Å²) in [7, 11) is 4.01. The SMILES string of the molecule is COC(=O)c1ccc(O)c(OC)c1-c1ccccc1COC(=O)c1ccc(O)c(OC)c1. The number of carbonyl (C=O) groups excluding carboxylic acids is 2. The van der Waals surface area contributed by atoms with Gasteiger partial charge < -0.3 is 29.2 Å². The molecule has 0 bridgehead atoms. The summed E-state index contributed by atoms with van der Waals surface area (Å²) in [6.07, 6.45) is 0. The quantitative estimate of drug-likeness (QED) is 0.534. The Morgan fingerprint density at radius 1 is 0.844 bits per heavy atom. The Kier molecular flexibility index (Phi) is 6.84. The molecular weight excluding hydrogens is 416 g/mol. The first-order chi connectivity index (χ1) is 15.4. The minimum Gasteiger partial charge on any atom is -0.504 e. The van der Waals surface area contributed by atoms with Crippen molar-refractivity contribution in [1.82, 2.24) is 0 Å². The zero-order valence-corrected chi connectivity index (χ0v) is 17.7. The summed E-state index contributed by atoms with van der Waals surface area (Å²) < 4.78 is 20.7. The summed E-state index contributed by atoms with van der Waals surface area (Å²) in [5, 5.41) is 20.0. The molecule has 32 heavy (non-hydrogen) atoms. The van der Waals surface area contributed by atoms with Gasteiger partial charge in [0.05, 0.1) is 32.5 Å². The topological polar surface area (TPSA) is 112 Å². The van der Waals surface area contributed by atoms with Gasteiger partial charge in [-0.1, -0.05) is 24.3 Å². The highest BCUT2D eigenvalue weighted by Crippen LogP contribution is 2.42. The van der Waals surface area contributed by atoms with Crippen molar-refractivity contribution < 1.29 is 38.7 Å². The molecule has 0 heterocycles. The Morgan fingerprint density at radius 2 is 1.56 bits per heavy atom. The van der Waals surface area contributed by atoms with Crippen molar-refractivity contribution in [3.63, 3.8) is 0 Å². The molecule has 3 aromatic rings. The van der Waals surface area contributed by atoms with Crippen molar-refractivity contribution in [1.29, 1.82) is 0 Å². The molecular formula is C24H22O8. The average Bonchev–Trinajstić information content (AvgIpc) is 2.82. The molecule has 8 nitrogen and oxygen atoms in total. The van der Waals surface area contributed by atoms with Gasteiger partial charge in [0.1, 0.15) is 6.61 Å². The zero-order valence-electron chi connectivity index (χ0n) is 17.7. The zero-order chi connectivity index (χ0) is 23.3. The smallest absolute Gasteiger partial charge is 0.338 e. The van der Waals surface area contributed by atoms with Gasteiger partial charge in [0.2, 0.25) is 0 Å². The number of methoxy groups -OCH3 is 3. The minimum atomic E-state index is -0.630. The third-order valence-corrected chi connectivity index (χ3v) is 4.81. The van der Waals surface area contributed by atoms with Crippen LogP contribution in [0.1, 0.15) is 26.3 Å². The summed E-state index contributed by atoms with van der Waals surface area (Å²) in [5.74, 6) is -1.25. The van der Waals surface area contributed by atoms with E-state index in [0.717, 1.165) is 0 Å². The lowest BCUT2D eigenvalue weighted by Crippen LogP contribution is -2.08. The van der Waals surface area contributed by atoms with Gasteiger partial charge in [0.15, 0.2) is 23.0 Å². The average molecular weight is 438 g/mol. The molecule has 0 amide bonds. The van der Waals surface area contributed by atoms with E-state index in [9.17, 15) is 19.8 Å². The standard InChI is InChI=1S/C24H22O8/c1-29-20-12-14(8-10-18(20)25)23(27)32-13-15-6-4-5-7-16(15)21-17(24(28)31-3)9-11-19(26)22(21)30-2/h4-12,25-26H,13H2,1-3H3. The van der Waals surface area contributed by atoms with Crippen LogP contribution in [0, 0.1) is 0 Å². The molecule has 0 aliphatic rings. The number of phenols is 2. The molecule has 0 atom stereocenters. The lowest BCUT2D eigenvalue weighted by atomic mass is 9.94. The van der Waals surface area contributed by atoms with Crippen LogP contribution in [0.3, 0.4) is 0 Å². The van der Waals surface area contributed by atoms with Crippen molar-refractivity contribution in [3.05, 3.63) is 71.3 Å². The highest BCUT2D eigenvalue weighted by Gasteiger charge is 2.23. The van der Waals surface area contributed by atoms with E-state index in [0.29, 0.717) is 16.7 Å². The summed E-state index contributed by atoms with van der Waals surface area (Å²) in [6, 6.07) is 13.8. The van der Waals surface area contributed by atoms with E-state index in [1.165, 1.54) is 51.7 Å². The number of aromatic hydroxyl groups is 2. The molecule has 2 N–H and O–H groups in total. The first-order valence-corrected chi connectivity index (χ1v) is 9.51. The van der Waals surface area contributed by atoms with Crippen molar-refractivity contribution in [2.45, 2.75) is 6.61 Å². The third kappa shape index (κ3) is 4.44. The molecule has 3 rings (SSSR count). The Balaban J connectivity index is 1.98. The Bertz CT molecular complexity index is 1150. The van der Waals surface area contributed by atoms with E-state index in [4.69, 9.17) is 18.9 Å². The molecule has 0 aliphatic carbocycles. The number of carbonyl (C=O) groups is 2. The van der Waals surface area contributed by atoms with Crippen molar-refractivity contribution >= 4 is 11.9 Å². The highest BCUT2D eigenvalue weighted by molar-refractivity contribution is 6.00. The fraction of sp³-hybridized carbons (Fsp3) is 0.167. The molecule has 8 heteroatoms. The number of esters is 2. The molecule has 0 aliphatic heterocycles. The van der Waals surface area contributed by atoms with Crippen LogP contribution in [0.4, 0.5) is 0 Å². The van der Waals surface area contributed by atoms with Crippen LogP contribution in [0.15, 0.2) is 54.6 Å². The molecule has 0 unspecified atom stereocenters. The Morgan fingerprint density at radius 3 is 2.25 bits per heavy atom. The molecule has 0 spiro atoms. The van der Waals surface area contributed by atoms with Crippen molar-refractivity contribution in [2.75, 3.05) is 21.3 Å². The number of benzene rings is 3. The van der Waals surface area contributed by atoms with Gasteiger partial charge in [-0.2, -0.15) is 0 Å². The fourth-order valence-corrected chi connectivity index (χ4v) is 3.25. The van der Waals surface area contributed by atoms with Gasteiger partial charge in [0, 0.05) is 5.56 Å². The second kappa shape index (κ2) is 9.74. The van der Waals surface area contributed by atoms with E-state index in [1.54, 1.807) is 24.3 Å². The van der Waals surface area contributed by atoms with Crippen LogP contribution >= 0.6 is 0 Å². The van der Waals surface area contributed by atoms with Crippen LogP contribution in [0.25, 0.3) is 11.1 Å². The molecule has 166 valence electrons.